The molecule has 2 aromatic carbocycles. The van der Waals surface area contributed by atoms with E-state index in [4.69, 9.17) is 0 Å². The molecular weight excluding hydrogens is 265 g/mol. The number of aromatic nitrogens is 2. The van der Waals surface area contributed by atoms with E-state index in [1.807, 2.05) is 49.3 Å². The Morgan fingerprint density at radius 3 is 2.19 bits per heavy atom. The molecule has 0 bridgehead atoms. The highest BCUT2D eigenvalue weighted by atomic mass is 19.1. The first kappa shape index (κ1) is 13.4. The molecule has 0 atom stereocenters. The first-order valence-corrected chi connectivity index (χ1v) is 6.74. The van der Waals surface area contributed by atoms with Crippen LogP contribution in [0.15, 0.2) is 54.6 Å². The van der Waals surface area contributed by atoms with Crippen LogP contribution in [0.25, 0.3) is 22.6 Å². The molecule has 4 heteroatoms. The molecule has 3 nitrogen and oxygen atoms in total. The average molecular weight is 281 g/mol. The molecule has 0 fully saturated rings. The minimum absolute atomic E-state index is 0.249. The fourth-order valence-electron chi connectivity index (χ4n) is 2.24. The Balaban J connectivity index is 2.11. The van der Waals surface area contributed by atoms with Crippen molar-refractivity contribution in [1.82, 2.24) is 9.97 Å². The van der Waals surface area contributed by atoms with E-state index in [9.17, 15) is 4.39 Å². The predicted octanol–water partition coefficient (Wildman–Crippen LogP) is 3.95. The summed E-state index contributed by atoms with van der Waals surface area (Å²) in [6.07, 6.45) is 0. The molecule has 0 saturated carbocycles. The van der Waals surface area contributed by atoms with Gasteiger partial charge < -0.3 is 9.88 Å². The largest absolute Gasteiger partial charge is 0.361 e. The van der Waals surface area contributed by atoms with Gasteiger partial charge in [-0.25, -0.2) is 9.37 Å². The van der Waals surface area contributed by atoms with E-state index < -0.39 is 0 Å². The number of nitrogens with one attached hydrogen (secondary N) is 1. The third-order valence-corrected chi connectivity index (χ3v) is 3.29. The van der Waals surface area contributed by atoms with Crippen molar-refractivity contribution in [2.75, 3.05) is 19.0 Å². The van der Waals surface area contributed by atoms with E-state index in [2.05, 4.69) is 9.97 Å². The maximum absolute atomic E-state index is 13.0. The van der Waals surface area contributed by atoms with Crippen molar-refractivity contribution in [2.45, 2.75) is 0 Å². The molecule has 3 rings (SSSR count). The molecule has 1 aromatic heterocycles. The van der Waals surface area contributed by atoms with Gasteiger partial charge in [-0.15, -0.1) is 0 Å². The molecule has 0 unspecified atom stereocenters. The molecule has 0 radical (unpaired) electrons. The highest BCUT2D eigenvalue weighted by Gasteiger charge is 2.14. The summed E-state index contributed by atoms with van der Waals surface area (Å²) in [5.74, 6) is 1.35. The summed E-state index contributed by atoms with van der Waals surface area (Å²) in [5, 5.41) is 0. The SMILES string of the molecule is CN(C)c1nc(-c2ccc(F)cc2)[nH]c1-c1ccccc1. The molecule has 1 heterocycles. The standard InChI is InChI=1S/C17H16FN3/c1-21(2)17-15(12-6-4-3-5-7-12)19-16(20-17)13-8-10-14(18)11-9-13/h3-11H,1-2H3,(H,19,20). The van der Waals surface area contributed by atoms with Gasteiger partial charge in [0.15, 0.2) is 5.82 Å². The van der Waals surface area contributed by atoms with Crippen molar-refractivity contribution < 1.29 is 4.39 Å². The van der Waals surface area contributed by atoms with Crippen molar-refractivity contribution in [2.24, 2.45) is 0 Å². The summed E-state index contributed by atoms with van der Waals surface area (Å²) in [6, 6.07) is 16.4. The number of hydrogen-bond acceptors (Lipinski definition) is 2. The van der Waals surface area contributed by atoms with Crippen LogP contribution in [0, 0.1) is 5.82 Å². The van der Waals surface area contributed by atoms with Crippen LogP contribution in [-0.2, 0) is 0 Å². The van der Waals surface area contributed by atoms with Gasteiger partial charge in [0.2, 0.25) is 0 Å². The molecule has 0 aliphatic carbocycles. The van der Waals surface area contributed by atoms with Crippen molar-refractivity contribution in [3.8, 4) is 22.6 Å². The van der Waals surface area contributed by atoms with E-state index in [1.165, 1.54) is 12.1 Å². The molecule has 21 heavy (non-hydrogen) atoms. The van der Waals surface area contributed by atoms with Gasteiger partial charge in [0.05, 0.1) is 5.69 Å². The van der Waals surface area contributed by atoms with Gasteiger partial charge in [0.25, 0.3) is 0 Å². The maximum Gasteiger partial charge on any atom is 0.154 e. The number of rotatable bonds is 3. The van der Waals surface area contributed by atoms with Gasteiger partial charge in [-0.2, -0.15) is 0 Å². The third kappa shape index (κ3) is 2.65. The van der Waals surface area contributed by atoms with E-state index in [-0.39, 0.29) is 5.82 Å². The van der Waals surface area contributed by atoms with Crippen LogP contribution in [0.5, 0.6) is 0 Å². The molecule has 0 saturated heterocycles. The molecule has 0 aliphatic rings. The normalized spacial score (nSPS) is 10.6. The number of imidazole rings is 1. The number of anilines is 1. The second-order valence-corrected chi connectivity index (χ2v) is 5.05. The zero-order chi connectivity index (χ0) is 14.8. The van der Waals surface area contributed by atoms with Gasteiger partial charge >= 0.3 is 0 Å². The Labute approximate surface area is 123 Å². The summed E-state index contributed by atoms with van der Waals surface area (Å²) >= 11 is 0. The predicted molar refractivity (Wildman–Crippen MR) is 83.7 cm³/mol. The number of halogens is 1. The summed E-state index contributed by atoms with van der Waals surface area (Å²) in [7, 11) is 3.91. The summed E-state index contributed by atoms with van der Waals surface area (Å²) in [6.45, 7) is 0. The Morgan fingerprint density at radius 2 is 1.57 bits per heavy atom. The Hall–Kier alpha value is -2.62. The summed E-state index contributed by atoms with van der Waals surface area (Å²) < 4.78 is 13.0. The fourth-order valence-corrected chi connectivity index (χ4v) is 2.24. The molecule has 1 N–H and O–H groups in total. The van der Waals surface area contributed by atoms with Crippen LogP contribution < -0.4 is 4.90 Å². The molecule has 0 aliphatic heterocycles. The van der Waals surface area contributed by atoms with Crippen LogP contribution >= 0.6 is 0 Å². The maximum atomic E-state index is 13.0. The van der Waals surface area contributed by atoms with Gasteiger partial charge in [-0.3, -0.25) is 0 Å². The number of H-pyrrole nitrogens is 1. The van der Waals surface area contributed by atoms with Crippen LogP contribution in [-0.4, -0.2) is 24.1 Å². The van der Waals surface area contributed by atoms with Crippen molar-refractivity contribution in [3.63, 3.8) is 0 Å². The minimum Gasteiger partial charge on any atom is -0.361 e. The van der Waals surface area contributed by atoms with Gasteiger partial charge in [-0.05, 0) is 24.3 Å². The number of hydrogen-bond donors (Lipinski definition) is 1. The zero-order valence-electron chi connectivity index (χ0n) is 12.0. The minimum atomic E-state index is -0.249. The van der Waals surface area contributed by atoms with Crippen molar-refractivity contribution >= 4 is 5.82 Å². The number of benzene rings is 2. The van der Waals surface area contributed by atoms with E-state index in [0.29, 0.717) is 0 Å². The fraction of sp³-hybridized carbons (Fsp3) is 0.118. The third-order valence-electron chi connectivity index (χ3n) is 3.29. The smallest absolute Gasteiger partial charge is 0.154 e. The zero-order valence-corrected chi connectivity index (χ0v) is 12.0. The lowest BCUT2D eigenvalue weighted by Crippen LogP contribution is -2.10. The Morgan fingerprint density at radius 1 is 0.905 bits per heavy atom. The molecule has 106 valence electrons. The lowest BCUT2D eigenvalue weighted by atomic mass is 10.1. The second-order valence-electron chi connectivity index (χ2n) is 5.05. The molecule has 3 aromatic rings. The lowest BCUT2D eigenvalue weighted by molar-refractivity contribution is 0.628. The molecule has 0 amide bonds. The van der Waals surface area contributed by atoms with Crippen LogP contribution in [0.1, 0.15) is 0 Å². The first-order chi connectivity index (χ1) is 10.1. The monoisotopic (exact) mass is 281 g/mol. The quantitative estimate of drug-likeness (QED) is 0.788. The highest BCUT2D eigenvalue weighted by Crippen LogP contribution is 2.30. The summed E-state index contributed by atoms with van der Waals surface area (Å²) in [4.78, 5) is 9.94. The summed E-state index contributed by atoms with van der Waals surface area (Å²) in [5.41, 5.74) is 2.89. The number of aromatic amines is 1. The van der Waals surface area contributed by atoms with Crippen LogP contribution in [0.2, 0.25) is 0 Å². The van der Waals surface area contributed by atoms with Crippen molar-refractivity contribution in [3.05, 3.63) is 60.4 Å². The molecular formula is C17H16FN3. The lowest BCUT2D eigenvalue weighted by Gasteiger charge is -2.10. The van der Waals surface area contributed by atoms with Crippen LogP contribution in [0.3, 0.4) is 0 Å². The first-order valence-electron chi connectivity index (χ1n) is 6.74. The Kier molecular flexibility index (Phi) is 3.44. The highest BCUT2D eigenvalue weighted by molar-refractivity contribution is 5.76. The van der Waals surface area contributed by atoms with Crippen LogP contribution in [0.4, 0.5) is 10.2 Å². The van der Waals surface area contributed by atoms with Gasteiger partial charge in [0, 0.05) is 25.2 Å². The number of nitrogens with zero attached hydrogens (tertiary/aromatic N) is 2. The van der Waals surface area contributed by atoms with E-state index in [1.54, 1.807) is 12.1 Å². The van der Waals surface area contributed by atoms with Crippen molar-refractivity contribution in [1.29, 1.82) is 0 Å². The van der Waals surface area contributed by atoms with E-state index in [0.717, 1.165) is 28.5 Å². The van der Waals surface area contributed by atoms with Gasteiger partial charge in [-0.1, -0.05) is 30.3 Å². The molecule has 0 spiro atoms. The second kappa shape index (κ2) is 5.40. The average Bonchev–Trinajstić information content (AvgIpc) is 2.94. The van der Waals surface area contributed by atoms with Gasteiger partial charge in [0.1, 0.15) is 11.6 Å². The Bertz CT molecular complexity index is 730. The topological polar surface area (TPSA) is 31.9 Å². The van der Waals surface area contributed by atoms with E-state index >= 15 is 0 Å².